The van der Waals surface area contributed by atoms with Gasteiger partial charge in [-0.3, -0.25) is 9.78 Å². The van der Waals surface area contributed by atoms with E-state index in [0.717, 1.165) is 37.4 Å². The first-order valence-corrected chi connectivity index (χ1v) is 9.39. The van der Waals surface area contributed by atoms with E-state index >= 15 is 0 Å². The Labute approximate surface area is 162 Å². The number of hydrogen-bond acceptors (Lipinski definition) is 5. The van der Waals surface area contributed by atoms with Gasteiger partial charge in [-0.15, -0.1) is 0 Å². The summed E-state index contributed by atoms with van der Waals surface area (Å²) in [4.78, 5) is 32.6. The minimum atomic E-state index is -1.19. The Kier molecular flexibility index (Phi) is 4.73. The molecule has 0 bridgehead atoms. The Balaban J connectivity index is 1.63. The van der Waals surface area contributed by atoms with Crippen LogP contribution in [0.1, 0.15) is 17.3 Å². The van der Waals surface area contributed by atoms with Crippen molar-refractivity contribution in [2.75, 3.05) is 36.0 Å². The summed E-state index contributed by atoms with van der Waals surface area (Å²) >= 11 is 0. The molecule has 7 nitrogen and oxygen atoms in total. The first kappa shape index (κ1) is 18.0. The largest absolute Gasteiger partial charge is 0.477 e. The van der Waals surface area contributed by atoms with Crippen LogP contribution in [0.5, 0.6) is 0 Å². The average molecular weight is 378 g/mol. The van der Waals surface area contributed by atoms with Crippen LogP contribution >= 0.6 is 0 Å². The van der Waals surface area contributed by atoms with Crippen molar-refractivity contribution >= 4 is 28.2 Å². The smallest absolute Gasteiger partial charge is 0.341 e. The Hall–Kier alpha value is -3.35. The van der Waals surface area contributed by atoms with E-state index in [-0.39, 0.29) is 5.56 Å². The minimum absolute atomic E-state index is 0.187. The van der Waals surface area contributed by atoms with Gasteiger partial charge in [-0.25, -0.2) is 4.79 Å². The molecule has 2 aromatic heterocycles. The van der Waals surface area contributed by atoms with Gasteiger partial charge in [-0.2, -0.15) is 0 Å². The summed E-state index contributed by atoms with van der Waals surface area (Å²) in [7, 11) is 0. The maximum atomic E-state index is 12.5. The molecule has 1 aliphatic rings. The van der Waals surface area contributed by atoms with E-state index in [1.807, 2.05) is 35.8 Å². The number of anilines is 2. The molecule has 144 valence electrons. The van der Waals surface area contributed by atoms with Gasteiger partial charge in [0.05, 0.1) is 5.52 Å². The zero-order chi connectivity index (χ0) is 19.7. The Bertz CT molecular complexity index is 1070. The summed E-state index contributed by atoms with van der Waals surface area (Å²) in [6.45, 7) is 6.09. The lowest BCUT2D eigenvalue weighted by Crippen LogP contribution is -2.46. The van der Waals surface area contributed by atoms with E-state index in [4.69, 9.17) is 0 Å². The second-order valence-corrected chi connectivity index (χ2v) is 6.84. The summed E-state index contributed by atoms with van der Waals surface area (Å²) in [6.07, 6.45) is 5.05. The van der Waals surface area contributed by atoms with Gasteiger partial charge in [0.15, 0.2) is 0 Å². The number of carbonyl (C=O) groups is 1. The number of benzene rings is 1. The Morgan fingerprint density at radius 3 is 2.29 bits per heavy atom. The highest BCUT2D eigenvalue weighted by atomic mass is 16.4. The number of carboxylic acid groups (broad SMARTS) is 1. The molecule has 4 rings (SSSR count). The van der Waals surface area contributed by atoms with E-state index < -0.39 is 11.4 Å². The molecule has 0 unspecified atom stereocenters. The first-order chi connectivity index (χ1) is 13.6. The van der Waals surface area contributed by atoms with Crippen LogP contribution in [-0.2, 0) is 6.54 Å². The SMILES string of the molecule is CCn1cc(C(=O)O)c(=O)c2ccc(N3CCN(c4ccncc4)CC3)cc21. The van der Waals surface area contributed by atoms with Gasteiger partial charge in [0.2, 0.25) is 5.43 Å². The van der Waals surface area contributed by atoms with Gasteiger partial charge in [0, 0.05) is 68.1 Å². The number of carboxylic acids is 1. The number of nitrogens with zero attached hydrogens (tertiary/aromatic N) is 4. The molecular formula is C21H22N4O3. The van der Waals surface area contributed by atoms with E-state index in [2.05, 4.69) is 14.8 Å². The molecule has 0 saturated carbocycles. The molecule has 3 heterocycles. The molecule has 0 radical (unpaired) electrons. The number of aromatic carboxylic acids is 1. The van der Waals surface area contributed by atoms with Crippen molar-refractivity contribution in [3.63, 3.8) is 0 Å². The minimum Gasteiger partial charge on any atom is -0.477 e. The zero-order valence-corrected chi connectivity index (χ0v) is 15.7. The van der Waals surface area contributed by atoms with Crippen molar-refractivity contribution < 1.29 is 9.90 Å². The molecule has 3 aromatic rings. The summed E-state index contributed by atoms with van der Waals surface area (Å²) in [5, 5.41) is 9.74. The van der Waals surface area contributed by atoms with Crippen molar-refractivity contribution in [1.29, 1.82) is 0 Å². The van der Waals surface area contributed by atoms with Gasteiger partial charge in [0.25, 0.3) is 0 Å². The highest BCUT2D eigenvalue weighted by Gasteiger charge is 2.19. The van der Waals surface area contributed by atoms with Crippen molar-refractivity contribution in [3.05, 3.63) is 64.7 Å². The van der Waals surface area contributed by atoms with Crippen LogP contribution in [0.2, 0.25) is 0 Å². The number of rotatable bonds is 4. The van der Waals surface area contributed by atoms with Crippen molar-refractivity contribution in [2.45, 2.75) is 13.5 Å². The standard InChI is InChI=1S/C21H22N4O3/c1-2-23-14-18(21(27)28)20(26)17-4-3-16(13-19(17)23)25-11-9-24(10-12-25)15-5-7-22-8-6-15/h3-8,13-14H,2,9-12H2,1H3,(H,27,28). The van der Waals surface area contributed by atoms with Gasteiger partial charge in [0.1, 0.15) is 5.56 Å². The molecule has 0 amide bonds. The third-order valence-electron chi connectivity index (χ3n) is 5.31. The summed E-state index contributed by atoms with van der Waals surface area (Å²) < 4.78 is 1.83. The second kappa shape index (κ2) is 7.34. The molecule has 1 N–H and O–H groups in total. The highest BCUT2D eigenvalue weighted by Crippen LogP contribution is 2.24. The molecule has 1 saturated heterocycles. The van der Waals surface area contributed by atoms with E-state index in [9.17, 15) is 14.7 Å². The highest BCUT2D eigenvalue weighted by molar-refractivity contribution is 5.93. The number of piperazine rings is 1. The first-order valence-electron chi connectivity index (χ1n) is 9.39. The lowest BCUT2D eigenvalue weighted by molar-refractivity contribution is 0.0695. The fourth-order valence-electron chi connectivity index (χ4n) is 3.77. The topological polar surface area (TPSA) is 78.7 Å². The van der Waals surface area contributed by atoms with Crippen LogP contribution in [0, 0.1) is 0 Å². The lowest BCUT2D eigenvalue weighted by Gasteiger charge is -2.37. The van der Waals surface area contributed by atoms with Crippen LogP contribution in [-0.4, -0.2) is 46.8 Å². The fourth-order valence-corrected chi connectivity index (χ4v) is 3.77. The molecule has 0 atom stereocenters. The fraction of sp³-hybridized carbons (Fsp3) is 0.286. The average Bonchev–Trinajstić information content (AvgIpc) is 2.74. The third kappa shape index (κ3) is 3.19. The van der Waals surface area contributed by atoms with Gasteiger partial charge in [-0.05, 0) is 37.3 Å². The van der Waals surface area contributed by atoms with E-state index in [1.54, 1.807) is 18.5 Å². The predicted octanol–water partition coefficient (Wildman–Crippen LogP) is 2.44. The monoisotopic (exact) mass is 378 g/mol. The number of aromatic nitrogens is 2. The number of fused-ring (bicyclic) bond motifs is 1. The Morgan fingerprint density at radius 2 is 1.68 bits per heavy atom. The molecular weight excluding hydrogens is 356 g/mol. The summed E-state index contributed by atoms with van der Waals surface area (Å²) in [6, 6.07) is 9.70. The maximum absolute atomic E-state index is 12.5. The van der Waals surface area contributed by atoms with E-state index in [1.165, 1.54) is 11.9 Å². The zero-order valence-electron chi connectivity index (χ0n) is 15.7. The van der Waals surface area contributed by atoms with Gasteiger partial charge < -0.3 is 19.5 Å². The Morgan fingerprint density at radius 1 is 1.04 bits per heavy atom. The number of hydrogen-bond donors (Lipinski definition) is 1. The molecule has 1 fully saturated rings. The van der Waals surface area contributed by atoms with Crippen LogP contribution in [0.3, 0.4) is 0 Å². The van der Waals surface area contributed by atoms with Crippen molar-refractivity contribution in [2.24, 2.45) is 0 Å². The van der Waals surface area contributed by atoms with Gasteiger partial charge in [-0.1, -0.05) is 0 Å². The van der Waals surface area contributed by atoms with Crippen LogP contribution in [0.25, 0.3) is 10.9 Å². The normalized spacial score (nSPS) is 14.5. The lowest BCUT2D eigenvalue weighted by atomic mass is 10.1. The summed E-state index contributed by atoms with van der Waals surface area (Å²) in [5.74, 6) is -1.19. The molecule has 1 aliphatic heterocycles. The predicted molar refractivity (Wildman–Crippen MR) is 110 cm³/mol. The number of aryl methyl sites for hydroxylation is 1. The van der Waals surface area contributed by atoms with Crippen molar-refractivity contribution in [3.8, 4) is 0 Å². The molecule has 0 spiro atoms. The van der Waals surface area contributed by atoms with Crippen LogP contribution < -0.4 is 15.2 Å². The van der Waals surface area contributed by atoms with Crippen LogP contribution in [0.4, 0.5) is 11.4 Å². The second-order valence-electron chi connectivity index (χ2n) is 6.84. The number of pyridine rings is 2. The van der Waals surface area contributed by atoms with E-state index in [0.29, 0.717) is 11.9 Å². The molecule has 7 heteroatoms. The maximum Gasteiger partial charge on any atom is 0.341 e. The summed E-state index contributed by atoms with van der Waals surface area (Å²) in [5.41, 5.74) is 2.38. The molecule has 0 aliphatic carbocycles. The third-order valence-corrected chi connectivity index (χ3v) is 5.31. The van der Waals surface area contributed by atoms with Gasteiger partial charge >= 0.3 is 5.97 Å². The van der Waals surface area contributed by atoms with Crippen molar-refractivity contribution in [1.82, 2.24) is 9.55 Å². The van der Waals surface area contributed by atoms with Crippen LogP contribution in [0.15, 0.2) is 53.7 Å². The quantitative estimate of drug-likeness (QED) is 0.751. The molecule has 1 aromatic carbocycles. The molecule has 28 heavy (non-hydrogen) atoms.